The predicted molar refractivity (Wildman–Crippen MR) is 87.0 cm³/mol. The van der Waals surface area contributed by atoms with Crippen LogP contribution in [0.5, 0.6) is 0 Å². The molecule has 1 aromatic carbocycles. The second-order valence-corrected chi connectivity index (χ2v) is 8.23. The van der Waals surface area contributed by atoms with Crippen molar-refractivity contribution in [2.45, 2.75) is 25.8 Å². The molecule has 1 aliphatic rings. The molecule has 1 aliphatic heterocycles. The second kappa shape index (κ2) is 7.09. The average Bonchev–Trinajstić information content (AvgIpc) is 2.45. The van der Waals surface area contributed by atoms with Gasteiger partial charge in [-0.25, -0.2) is 12.7 Å². The van der Waals surface area contributed by atoms with E-state index in [0.29, 0.717) is 19.0 Å². The average molecular weight is 331 g/mol. The molecule has 0 amide bonds. The van der Waals surface area contributed by atoms with Crippen molar-refractivity contribution in [3.63, 3.8) is 0 Å². The molecule has 1 fully saturated rings. The summed E-state index contributed by atoms with van der Waals surface area (Å²) in [6.07, 6.45) is 3.31. The Balaban J connectivity index is 1.86. The number of benzene rings is 1. The van der Waals surface area contributed by atoms with E-state index in [9.17, 15) is 8.42 Å². The van der Waals surface area contributed by atoms with E-state index in [1.54, 1.807) is 4.31 Å². The second-order valence-electron chi connectivity index (χ2n) is 5.81. The van der Waals surface area contributed by atoms with Gasteiger partial charge >= 0.3 is 0 Å². The van der Waals surface area contributed by atoms with Crippen molar-refractivity contribution < 1.29 is 8.42 Å². The minimum atomic E-state index is -3.06. The summed E-state index contributed by atoms with van der Waals surface area (Å²) >= 11 is 5.89. The Morgan fingerprint density at radius 2 is 2.05 bits per heavy atom. The van der Waals surface area contributed by atoms with Crippen molar-refractivity contribution in [3.8, 4) is 0 Å². The van der Waals surface area contributed by atoms with Crippen molar-refractivity contribution in [2.75, 3.05) is 25.9 Å². The van der Waals surface area contributed by atoms with Gasteiger partial charge in [-0.1, -0.05) is 23.7 Å². The maximum absolute atomic E-state index is 11.6. The van der Waals surface area contributed by atoms with Gasteiger partial charge in [-0.3, -0.25) is 0 Å². The molecule has 4 nitrogen and oxygen atoms in total. The molecule has 0 saturated carbocycles. The number of hydrogen-bond acceptors (Lipinski definition) is 3. The number of rotatable bonds is 5. The van der Waals surface area contributed by atoms with Crippen molar-refractivity contribution >= 4 is 21.6 Å². The molecule has 1 N–H and O–H groups in total. The largest absolute Gasteiger partial charge is 0.310 e. The highest BCUT2D eigenvalue weighted by atomic mass is 35.5. The molecule has 1 heterocycles. The van der Waals surface area contributed by atoms with Crippen LogP contribution in [0.25, 0.3) is 0 Å². The van der Waals surface area contributed by atoms with Gasteiger partial charge in [0.1, 0.15) is 0 Å². The lowest BCUT2D eigenvalue weighted by atomic mass is 9.99. The lowest BCUT2D eigenvalue weighted by molar-refractivity contribution is 0.257. The molecular formula is C15H23ClN2O2S. The van der Waals surface area contributed by atoms with Crippen LogP contribution in [0.2, 0.25) is 5.02 Å². The fraction of sp³-hybridized carbons (Fsp3) is 0.600. The van der Waals surface area contributed by atoms with Crippen LogP contribution in [0.4, 0.5) is 0 Å². The SMILES string of the molecule is C[C@@H](NCC1CCCN(S(C)(=O)=O)C1)c1ccc(Cl)cc1. The number of nitrogens with zero attached hydrogens (tertiary/aromatic N) is 1. The van der Waals surface area contributed by atoms with E-state index in [1.807, 2.05) is 24.3 Å². The normalized spacial score (nSPS) is 22.1. The molecule has 21 heavy (non-hydrogen) atoms. The highest BCUT2D eigenvalue weighted by molar-refractivity contribution is 7.88. The highest BCUT2D eigenvalue weighted by Crippen LogP contribution is 2.20. The van der Waals surface area contributed by atoms with E-state index in [4.69, 9.17) is 11.6 Å². The van der Waals surface area contributed by atoms with E-state index in [0.717, 1.165) is 24.4 Å². The summed E-state index contributed by atoms with van der Waals surface area (Å²) in [5, 5.41) is 4.23. The van der Waals surface area contributed by atoms with E-state index >= 15 is 0 Å². The number of piperidine rings is 1. The zero-order valence-corrected chi connectivity index (χ0v) is 14.1. The molecule has 0 radical (unpaired) electrons. The van der Waals surface area contributed by atoms with Gasteiger partial charge in [0.25, 0.3) is 0 Å². The van der Waals surface area contributed by atoms with E-state index in [2.05, 4.69) is 12.2 Å². The van der Waals surface area contributed by atoms with Gasteiger partial charge < -0.3 is 5.32 Å². The molecule has 2 atom stereocenters. The highest BCUT2D eigenvalue weighted by Gasteiger charge is 2.25. The molecule has 6 heteroatoms. The van der Waals surface area contributed by atoms with Gasteiger partial charge in [0.2, 0.25) is 10.0 Å². The molecule has 118 valence electrons. The quantitative estimate of drug-likeness (QED) is 0.903. The Kier molecular flexibility index (Phi) is 5.66. The van der Waals surface area contributed by atoms with Crippen molar-refractivity contribution in [1.82, 2.24) is 9.62 Å². The monoisotopic (exact) mass is 330 g/mol. The van der Waals surface area contributed by atoms with Gasteiger partial charge in [0.15, 0.2) is 0 Å². The van der Waals surface area contributed by atoms with E-state index in [-0.39, 0.29) is 6.04 Å². The third-order valence-corrected chi connectivity index (χ3v) is 5.56. The van der Waals surface area contributed by atoms with Gasteiger partial charge in [-0.05, 0) is 49.9 Å². The van der Waals surface area contributed by atoms with Gasteiger partial charge in [0, 0.05) is 24.2 Å². The lowest BCUT2D eigenvalue weighted by Crippen LogP contribution is -2.42. The Labute approximate surface area is 132 Å². The van der Waals surface area contributed by atoms with E-state index < -0.39 is 10.0 Å². The molecule has 0 aliphatic carbocycles. The summed E-state index contributed by atoms with van der Waals surface area (Å²) in [6.45, 7) is 4.22. The molecule has 1 unspecified atom stereocenters. The lowest BCUT2D eigenvalue weighted by Gasteiger charge is -2.31. The number of halogens is 1. The van der Waals surface area contributed by atoms with Crippen LogP contribution in [0.15, 0.2) is 24.3 Å². The summed E-state index contributed by atoms with van der Waals surface area (Å²) in [7, 11) is -3.06. The van der Waals surface area contributed by atoms with Crippen LogP contribution in [-0.4, -0.2) is 38.6 Å². The topological polar surface area (TPSA) is 49.4 Å². The van der Waals surface area contributed by atoms with Crippen molar-refractivity contribution in [1.29, 1.82) is 0 Å². The van der Waals surface area contributed by atoms with Crippen LogP contribution in [0, 0.1) is 5.92 Å². The van der Waals surface area contributed by atoms with Crippen LogP contribution < -0.4 is 5.32 Å². The Bertz CT molecular complexity index is 560. The predicted octanol–water partition coefficient (Wildman–Crippen LogP) is 2.66. The number of sulfonamides is 1. The first-order valence-electron chi connectivity index (χ1n) is 7.30. The minimum absolute atomic E-state index is 0.232. The Morgan fingerprint density at radius 1 is 1.38 bits per heavy atom. The smallest absolute Gasteiger partial charge is 0.211 e. The summed E-state index contributed by atoms with van der Waals surface area (Å²) < 4.78 is 24.8. The summed E-state index contributed by atoms with van der Waals surface area (Å²) in [6, 6.07) is 8.05. The van der Waals surface area contributed by atoms with Crippen molar-refractivity contribution in [3.05, 3.63) is 34.9 Å². The summed E-state index contributed by atoms with van der Waals surface area (Å²) in [5.41, 5.74) is 1.19. The molecule has 1 aromatic rings. The first-order chi connectivity index (χ1) is 9.86. The van der Waals surface area contributed by atoms with Crippen LogP contribution in [0.1, 0.15) is 31.4 Å². The molecule has 2 rings (SSSR count). The molecule has 1 saturated heterocycles. The first kappa shape index (κ1) is 16.7. The third kappa shape index (κ3) is 4.95. The molecule has 0 spiro atoms. The standard InChI is InChI=1S/C15H23ClN2O2S/c1-12(14-5-7-15(16)8-6-14)17-10-13-4-3-9-18(11-13)21(2,19)20/h5-8,12-13,17H,3-4,9-11H2,1-2H3/t12-,13?/m1/s1. The van der Waals surface area contributed by atoms with Crippen LogP contribution >= 0.6 is 11.6 Å². The Hall–Kier alpha value is -0.620. The zero-order chi connectivity index (χ0) is 15.5. The van der Waals surface area contributed by atoms with Crippen LogP contribution in [-0.2, 0) is 10.0 Å². The summed E-state index contributed by atoms with van der Waals surface area (Å²) in [5.74, 6) is 0.378. The molecular weight excluding hydrogens is 308 g/mol. The fourth-order valence-electron chi connectivity index (χ4n) is 2.71. The maximum atomic E-state index is 11.6. The van der Waals surface area contributed by atoms with Gasteiger partial charge in [-0.15, -0.1) is 0 Å². The van der Waals surface area contributed by atoms with Crippen molar-refractivity contribution in [2.24, 2.45) is 5.92 Å². The van der Waals surface area contributed by atoms with Gasteiger partial charge in [-0.2, -0.15) is 0 Å². The molecule has 0 aromatic heterocycles. The fourth-order valence-corrected chi connectivity index (χ4v) is 3.78. The maximum Gasteiger partial charge on any atom is 0.211 e. The Morgan fingerprint density at radius 3 is 2.67 bits per heavy atom. The van der Waals surface area contributed by atoms with Gasteiger partial charge in [0.05, 0.1) is 6.26 Å². The third-order valence-electron chi connectivity index (χ3n) is 4.03. The summed E-state index contributed by atoms with van der Waals surface area (Å²) in [4.78, 5) is 0. The van der Waals surface area contributed by atoms with E-state index in [1.165, 1.54) is 11.8 Å². The molecule has 0 bridgehead atoms. The number of hydrogen-bond donors (Lipinski definition) is 1. The zero-order valence-electron chi connectivity index (χ0n) is 12.5. The minimum Gasteiger partial charge on any atom is -0.310 e. The van der Waals surface area contributed by atoms with Crippen LogP contribution in [0.3, 0.4) is 0 Å². The number of nitrogens with one attached hydrogen (secondary N) is 1. The first-order valence-corrected chi connectivity index (χ1v) is 9.53.